The lowest BCUT2D eigenvalue weighted by molar-refractivity contribution is -0.128. The van der Waals surface area contributed by atoms with E-state index in [-0.39, 0.29) is 28.7 Å². The molecule has 0 spiro atoms. The van der Waals surface area contributed by atoms with Crippen LogP contribution in [0.5, 0.6) is 0 Å². The van der Waals surface area contributed by atoms with Crippen molar-refractivity contribution in [2.24, 2.45) is 11.3 Å². The largest absolute Gasteiger partial charge is 0.351 e. The first-order valence-electron chi connectivity index (χ1n) is 10.6. The predicted octanol–water partition coefficient (Wildman–Crippen LogP) is 5.02. The SMILES string of the molecule is CC(C)(C)CC(C)(C)NC(=O)C1CCCN(C(=O)c2cccc3ccccc23)C1. The zero-order valence-corrected chi connectivity index (χ0v) is 18.4. The third-order valence-electron chi connectivity index (χ3n) is 5.53. The number of rotatable bonds is 4. The smallest absolute Gasteiger partial charge is 0.254 e. The van der Waals surface area contributed by atoms with Crippen LogP contribution in [0, 0.1) is 11.3 Å². The Bertz CT molecular complexity index is 890. The summed E-state index contributed by atoms with van der Waals surface area (Å²) in [6.45, 7) is 11.9. The maximum atomic E-state index is 13.2. The fourth-order valence-electron chi connectivity index (χ4n) is 4.76. The number of hydrogen-bond acceptors (Lipinski definition) is 2. The number of hydrogen-bond donors (Lipinski definition) is 1. The van der Waals surface area contributed by atoms with Crippen LogP contribution in [0.15, 0.2) is 42.5 Å². The van der Waals surface area contributed by atoms with Gasteiger partial charge in [0.05, 0.1) is 5.92 Å². The Morgan fingerprint density at radius 2 is 1.72 bits per heavy atom. The maximum absolute atomic E-state index is 13.2. The molecule has 1 aliphatic rings. The minimum atomic E-state index is -0.267. The van der Waals surface area contributed by atoms with Crippen LogP contribution in [-0.4, -0.2) is 35.3 Å². The topological polar surface area (TPSA) is 49.4 Å². The van der Waals surface area contributed by atoms with Crippen LogP contribution in [0.4, 0.5) is 0 Å². The van der Waals surface area contributed by atoms with Crippen molar-refractivity contribution in [1.29, 1.82) is 0 Å². The van der Waals surface area contributed by atoms with E-state index in [2.05, 4.69) is 39.9 Å². The van der Waals surface area contributed by atoms with Crippen LogP contribution < -0.4 is 5.32 Å². The Balaban J connectivity index is 1.71. The van der Waals surface area contributed by atoms with Gasteiger partial charge in [-0.1, -0.05) is 57.2 Å². The molecule has 1 heterocycles. The van der Waals surface area contributed by atoms with E-state index < -0.39 is 0 Å². The van der Waals surface area contributed by atoms with Crippen molar-refractivity contribution in [3.63, 3.8) is 0 Å². The van der Waals surface area contributed by atoms with Crippen molar-refractivity contribution in [2.75, 3.05) is 13.1 Å². The number of amides is 2. The highest BCUT2D eigenvalue weighted by Crippen LogP contribution is 2.28. The van der Waals surface area contributed by atoms with Gasteiger partial charge in [-0.2, -0.15) is 0 Å². The molecule has 0 saturated carbocycles. The van der Waals surface area contributed by atoms with Gasteiger partial charge in [-0.25, -0.2) is 0 Å². The van der Waals surface area contributed by atoms with Crippen molar-refractivity contribution in [3.8, 4) is 0 Å². The molecule has 3 rings (SSSR count). The Kier molecular flexibility index (Phi) is 6.02. The van der Waals surface area contributed by atoms with E-state index in [1.807, 2.05) is 47.4 Å². The number of benzene rings is 2. The summed E-state index contributed by atoms with van der Waals surface area (Å²) in [6, 6.07) is 13.8. The van der Waals surface area contributed by atoms with Crippen molar-refractivity contribution in [3.05, 3.63) is 48.0 Å². The van der Waals surface area contributed by atoms with Crippen LogP contribution in [0.25, 0.3) is 10.8 Å². The van der Waals surface area contributed by atoms with Gasteiger partial charge in [-0.3, -0.25) is 9.59 Å². The summed E-state index contributed by atoms with van der Waals surface area (Å²) >= 11 is 0. The van der Waals surface area contributed by atoms with Gasteiger partial charge in [0, 0.05) is 24.2 Å². The molecule has 0 aromatic heterocycles. The van der Waals surface area contributed by atoms with Crippen molar-refractivity contribution in [1.82, 2.24) is 10.2 Å². The number of fused-ring (bicyclic) bond motifs is 1. The van der Waals surface area contributed by atoms with E-state index in [1.54, 1.807) is 0 Å². The quantitative estimate of drug-likeness (QED) is 0.791. The first kappa shape index (κ1) is 21.4. The van der Waals surface area contributed by atoms with Crippen LogP contribution >= 0.6 is 0 Å². The molecule has 1 aliphatic heterocycles. The van der Waals surface area contributed by atoms with E-state index in [4.69, 9.17) is 0 Å². The van der Waals surface area contributed by atoms with E-state index >= 15 is 0 Å². The van der Waals surface area contributed by atoms with E-state index in [0.29, 0.717) is 13.1 Å². The molecule has 1 unspecified atom stereocenters. The van der Waals surface area contributed by atoms with E-state index in [0.717, 1.165) is 35.6 Å². The summed E-state index contributed by atoms with van der Waals surface area (Å²) in [5.74, 6) is -0.0650. The van der Waals surface area contributed by atoms with Crippen LogP contribution in [0.2, 0.25) is 0 Å². The van der Waals surface area contributed by atoms with E-state index in [9.17, 15) is 9.59 Å². The van der Waals surface area contributed by atoms with Gasteiger partial charge in [0.15, 0.2) is 0 Å². The standard InChI is InChI=1S/C25H34N2O2/c1-24(2,3)17-25(4,5)26-22(28)19-12-9-15-27(16-19)23(29)21-14-8-11-18-10-6-7-13-20(18)21/h6-8,10-11,13-14,19H,9,12,15-17H2,1-5H3,(H,26,28). The average molecular weight is 395 g/mol. The molecule has 0 aliphatic carbocycles. The normalized spacial score (nSPS) is 18.0. The van der Waals surface area contributed by atoms with Gasteiger partial charge >= 0.3 is 0 Å². The number of likely N-dealkylation sites (tertiary alicyclic amines) is 1. The molecule has 2 aromatic carbocycles. The number of carbonyl (C=O) groups is 2. The number of piperidine rings is 1. The minimum Gasteiger partial charge on any atom is -0.351 e. The number of nitrogens with one attached hydrogen (secondary N) is 1. The molecule has 0 bridgehead atoms. The molecule has 0 radical (unpaired) electrons. The highest BCUT2D eigenvalue weighted by atomic mass is 16.2. The molecule has 156 valence electrons. The van der Waals surface area contributed by atoms with Gasteiger partial charge in [-0.15, -0.1) is 0 Å². The molecule has 2 aromatic rings. The lowest BCUT2D eigenvalue weighted by Crippen LogP contribution is -2.52. The lowest BCUT2D eigenvalue weighted by Gasteiger charge is -2.37. The maximum Gasteiger partial charge on any atom is 0.254 e. The monoisotopic (exact) mass is 394 g/mol. The number of carbonyl (C=O) groups excluding carboxylic acids is 2. The molecule has 1 fully saturated rings. The molecule has 4 heteroatoms. The van der Waals surface area contributed by atoms with Crippen LogP contribution in [-0.2, 0) is 4.79 Å². The molecule has 1 saturated heterocycles. The Morgan fingerprint density at radius 3 is 2.45 bits per heavy atom. The fraction of sp³-hybridized carbons (Fsp3) is 0.520. The first-order chi connectivity index (χ1) is 13.6. The molecular formula is C25H34N2O2. The summed E-state index contributed by atoms with van der Waals surface area (Å²) in [7, 11) is 0. The molecular weight excluding hydrogens is 360 g/mol. The molecule has 1 N–H and O–H groups in total. The second-order valence-electron chi connectivity index (χ2n) is 10.2. The Hall–Kier alpha value is -2.36. The summed E-state index contributed by atoms with van der Waals surface area (Å²) in [6.07, 6.45) is 2.59. The summed E-state index contributed by atoms with van der Waals surface area (Å²) in [5.41, 5.74) is 0.592. The van der Waals surface area contributed by atoms with Gasteiger partial charge in [0.2, 0.25) is 5.91 Å². The van der Waals surface area contributed by atoms with Crippen LogP contribution in [0.3, 0.4) is 0 Å². The highest BCUT2D eigenvalue weighted by molar-refractivity contribution is 6.07. The number of nitrogens with zero attached hydrogens (tertiary/aromatic N) is 1. The Labute approximate surface area is 174 Å². The third-order valence-corrected chi connectivity index (χ3v) is 5.53. The van der Waals surface area contributed by atoms with Gasteiger partial charge in [0.1, 0.15) is 0 Å². The highest BCUT2D eigenvalue weighted by Gasteiger charge is 2.33. The van der Waals surface area contributed by atoms with Crippen molar-refractivity contribution >= 4 is 22.6 Å². The summed E-state index contributed by atoms with van der Waals surface area (Å²) in [5, 5.41) is 5.27. The van der Waals surface area contributed by atoms with E-state index in [1.165, 1.54) is 0 Å². The molecule has 1 atom stereocenters. The van der Waals surface area contributed by atoms with Crippen molar-refractivity contribution < 1.29 is 9.59 Å². The van der Waals surface area contributed by atoms with Crippen LogP contribution in [0.1, 0.15) is 64.2 Å². The zero-order valence-electron chi connectivity index (χ0n) is 18.4. The summed E-state index contributed by atoms with van der Waals surface area (Å²) in [4.78, 5) is 28.1. The lowest BCUT2D eigenvalue weighted by atomic mass is 9.81. The van der Waals surface area contributed by atoms with Crippen molar-refractivity contribution in [2.45, 2.75) is 59.4 Å². The zero-order chi connectivity index (χ0) is 21.2. The fourth-order valence-corrected chi connectivity index (χ4v) is 4.76. The first-order valence-corrected chi connectivity index (χ1v) is 10.6. The Morgan fingerprint density at radius 1 is 1.03 bits per heavy atom. The predicted molar refractivity (Wildman–Crippen MR) is 119 cm³/mol. The minimum absolute atomic E-state index is 0.0215. The second kappa shape index (κ2) is 8.17. The third kappa shape index (κ3) is 5.37. The molecule has 2 amide bonds. The van der Waals surface area contributed by atoms with Gasteiger partial charge in [0.25, 0.3) is 5.91 Å². The van der Waals surface area contributed by atoms with Gasteiger partial charge in [-0.05, 0) is 55.4 Å². The average Bonchev–Trinajstić information content (AvgIpc) is 2.64. The summed E-state index contributed by atoms with van der Waals surface area (Å²) < 4.78 is 0. The molecule has 29 heavy (non-hydrogen) atoms. The second-order valence-corrected chi connectivity index (χ2v) is 10.2. The van der Waals surface area contributed by atoms with Gasteiger partial charge < -0.3 is 10.2 Å². The molecule has 4 nitrogen and oxygen atoms in total.